The Morgan fingerprint density at radius 1 is 1.14 bits per heavy atom. The average Bonchev–Trinajstić information content (AvgIpc) is 3.12. The molecule has 184 valence electrons. The van der Waals surface area contributed by atoms with E-state index in [1.807, 2.05) is 18.9 Å². The SMILES string of the molecule is COc1cc(-c2ccc(-c3ncc(N(C)[C@H]4C[C@]5(C)CC[C@@](C)(N5)[C@H]4F)nn3)c(O)c2)cc(F)n1. The summed E-state index contributed by atoms with van der Waals surface area (Å²) < 4.78 is 34.2. The Balaban J connectivity index is 1.38. The number of ether oxygens (including phenoxy) is 1. The fourth-order valence-electron chi connectivity index (χ4n) is 5.40. The maximum Gasteiger partial charge on any atom is 0.216 e. The first-order valence-corrected chi connectivity index (χ1v) is 11.5. The Bertz CT molecular complexity index is 1260. The second-order valence-electron chi connectivity index (χ2n) is 9.98. The van der Waals surface area contributed by atoms with Crippen LogP contribution in [0, 0.1) is 5.95 Å². The number of halogens is 2. The van der Waals surface area contributed by atoms with Crippen molar-refractivity contribution in [3.05, 3.63) is 42.5 Å². The Kier molecular flexibility index (Phi) is 5.58. The van der Waals surface area contributed by atoms with Gasteiger partial charge < -0.3 is 20.1 Å². The first kappa shape index (κ1) is 23.3. The van der Waals surface area contributed by atoms with E-state index in [2.05, 4.69) is 32.4 Å². The lowest BCUT2D eigenvalue weighted by Crippen LogP contribution is -2.65. The number of hydrogen-bond acceptors (Lipinski definition) is 8. The van der Waals surface area contributed by atoms with Crippen molar-refractivity contribution in [2.45, 2.75) is 56.4 Å². The van der Waals surface area contributed by atoms with Crippen LogP contribution in [0.1, 0.15) is 33.1 Å². The number of fused-ring (bicyclic) bond motifs is 2. The van der Waals surface area contributed by atoms with Gasteiger partial charge in [-0.25, -0.2) is 9.37 Å². The van der Waals surface area contributed by atoms with Gasteiger partial charge in [0.15, 0.2) is 11.6 Å². The van der Waals surface area contributed by atoms with Crippen molar-refractivity contribution in [1.29, 1.82) is 0 Å². The quantitative estimate of drug-likeness (QED) is 0.529. The van der Waals surface area contributed by atoms with Crippen molar-refractivity contribution in [3.63, 3.8) is 0 Å². The second-order valence-corrected chi connectivity index (χ2v) is 9.98. The molecule has 10 heteroatoms. The van der Waals surface area contributed by atoms with Crippen LogP contribution in [0.25, 0.3) is 22.5 Å². The Morgan fingerprint density at radius 3 is 2.63 bits per heavy atom. The molecule has 1 aromatic carbocycles. The summed E-state index contributed by atoms with van der Waals surface area (Å²) in [7, 11) is 3.22. The van der Waals surface area contributed by atoms with E-state index in [-0.39, 0.29) is 29.0 Å². The van der Waals surface area contributed by atoms with E-state index in [9.17, 15) is 9.50 Å². The van der Waals surface area contributed by atoms with Crippen LogP contribution in [-0.2, 0) is 0 Å². The van der Waals surface area contributed by atoms with E-state index < -0.39 is 17.7 Å². The first-order valence-electron chi connectivity index (χ1n) is 11.5. The molecule has 0 spiro atoms. The summed E-state index contributed by atoms with van der Waals surface area (Å²) in [5, 5.41) is 22.6. The van der Waals surface area contributed by atoms with Crippen LogP contribution in [0.3, 0.4) is 0 Å². The van der Waals surface area contributed by atoms with E-state index in [0.717, 1.165) is 12.8 Å². The molecule has 0 aliphatic carbocycles. The van der Waals surface area contributed by atoms with Gasteiger partial charge in [0.1, 0.15) is 11.9 Å². The minimum absolute atomic E-state index is 0.0822. The van der Waals surface area contributed by atoms with Gasteiger partial charge in [-0.2, -0.15) is 9.37 Å². The number of rotatable bonds is 5. The Labute approximate surface area is 202 Å². The molecule has 2 bridgehead atoms. The lowest BCUT2D eigenvalue weighted by Gasteiger charge is -2.47. The molecule has 5 rings (SSSR count). The number of methoxy groups -OCH3 is 1. The number of benzene rings is 1. The minimum Gasteiger partial charge on any atom is -0.507 e. The maximum atomic E-state index is 15.4. The zero-order valence-corrected chi connectivity index (χ0v) is 20.1. The Morgan fingerprint density at radius 2 is 1.94 bits per heavy atom. The Hall–Kier alpha value is -3.40. The molecular weight excluding hydrogens is 454 g/mol. The van der Waals surface area contributed by atoms with Crippen molar-refractivity contribution in [2.24, 2.45) is 0 Å². The molecule has 2 aromatic heterocycles. The van der Waals surface area contributed by atoms with Gasteiger partial charge in [-0.3, -0.25) is 0 Å². The maximum absolute atomic E-state index is 15.4. The fraction of sp³-hybridized carbons (Fsp3) is 0.440. The molecule has 8 nitrogen and oxygen atoms in total. The summed E-state index contributed by atoms with van der Waals surface area (Å²) in [6.45, 7) is 4.08. The van der Waals surface area contributed by atoms with Gasteiger partial charge in [0, 0.05) is 30.3 Å². The molecule has 0 saturated carbocycles. The zero-order valence-electron chi connectivity index (χ0n) is 20.1. The lowest BCUT2D eigenvalue weighted by molar-refractivity contribution is 0.0859. The normalized spacial score (nSPS) is 27.6. The van der Waals surface area contributed by atoms with Crippen LogP contribution in [-0.4, -0.2) is 62.7 Å². The van der Waals surface area contributed by atoms with Crippen LogP contribution >= 0.6 is 0 Å². The number of alkyl halides is 1. The highest BCUT2D eigenvalue weighted by atomic mass is 19.1. The number of phenolic OH excluding ortho intramolecular Hbond substituents is 1. The number of hydrogen-bond donors (Lipinski definition) is 2. The number of pyridine rings is 1. The number of phenols is 1. The van der Waals surface area contributed by atoms with Crippen molar-refractivity contribution in [2.75, 3.05) is 19.1 Å². The van der Waals surface area contributed by atoms with Gasteiger partial charge in [0.2, 0.25) is 11.8 Å². The molecule has 2 aliphatic rings. The molecule has 2 N–H and O–H groups in total. The summed E-state index contributed by atoms with van der Waals surface area (Å²) in [6, 6.07) is 7.33. The van der Waals surface area contributed by atoms with Crippen LogP contribution in [0.15, 0.2) is 36.5 Å². The molecule has 2 saturated heterocycles. The number of nitrogens with zero attached hydrogens (tertiary/aromatic N) is 5. The summed E-state index contributed by atoms with van der Waals surface area (Å²) in [4.78, 5) is 9.83. The van der Waals surface area contributed by atoms with Gasteiger partial charge >= 0.3 is 0 Å². The molecule has 0 unspecified atom stereocenters. The van der Waals surface area contributed by atoms with Crippen molar-refractivity contribution in [1.82, 2.24) is 25.5 Å². The summed E-state index contributed by atoms with van der Waals surface area (Å²) in [6.07, 6.45) is 2.88. The molecule has 0 radical (unpaired) electrons. The minimum atomic E-state index is -1.06. The topological polar surface area (TPSA) is 96.3 Å². The van der Waals surface area contributed by atoms with E-state index >= 15 is 4.39 Å². The van der Waals surface area contributed by atoms with E-state index in [1.54, 1.807) is 24.4 Å². The van der Waals surface area contributed by atoms with Crippen LogP contribution in [0.5, 0.6) is 11.6 Å². The van der Waals surface area contributed by atoms with E-state index in [0.29, 0.717) is 28.9 Å². The summed E-state index contributed by atoms with van der Waals surface area (Å²) in [5.41, 5.74) is 0.798. The van der Waals surface area contributed by atoms with Crippen LogP contribution in [0.2, 0.25) is 0 Å². The average molecular weight is 483 g/mol. The third-order valence-corrected chi connectivity index (χ3v) is 7.35. The van der Waals surface area contributed by atoms with Crippen molar-refractivity contribution < 1.29 is 18.6 Å². The highest BCUT2D eigenvalue weighted by molar-refractivity contribution is 5.73. The number of nitrogens with one attached hydrogen (secondary N) is 1. The van der Waals surface area contributed by atoms with Crippen LogP contribution < -0.4 is 15.0 Å². The molecule has 4 heterocycles. The number of aromatic nitrogens is 4. The monoisotopic (exact) mass is 482 g/mol. The summed E-state index contributed by atoms with van der Waals surface area (Å²) in [5.74, 6) is 0.0591. The van der Waals surface area contributed by atoms with Gasteiger partial charge in [0.05, 0.1) is 24.9 Å². The predicted molar refractivity (Wildman–Crippen MR) is 128 cm³/mol. The highest BCUT2D eigenvalue weighted by Gasteiger charge is 2.56. The largest absolute Gasteiger partial charge is 0.507 e. The standard InChI is InChI=1S/C25H28F2N6O2/c1-24-7-8-25(2,32-24)22(27)17(12-24)33(3)20-13-28-23(31-30-20)16-6-5-14(9-18(16)34)15-10-19(26)29-21(11-15)35-4/h5-6,9-11,13,17,22,32,34H,7-8,12H2,1-4H3/t17-,22-,24-,25+/m0/s1. The highest BCUT2D eigenvalue weighted by Crippen LogP contribution is 2.45. The molecule has 2 aliphatic heterocycles. The smallest absolute Gasteiger partial charge is 0.216 e. The molecule has 2 fully saturated rings. The zero-order chi connectivity index (χ0) is 25.0. The second kappa shape index (κ2) is 8.37. The molecule has 3 aromatic rings. The van der Waals surface area contributed by atoms with E-state index in [1.165, 1.54) is 19.2 Å². The summed E-state index contributed by atoms with van der Waals surface area (Å²) >= 11 is 0. The van der Waals surface area contributed by atoms with Crippen molar-refractivity contribution in [3.8, 4) is 34.1 Å². The number of anilines is 1. The molecule has 35 heavy (non-hydrogen) atoms. The molecule has 0 amide bonds. The predicted octanol–water partition coefficient (Wildman–Crippen LogP) is 3.90. The third-order valence-electron chi connectivity index (χ3n) is 7.35. The molecular formula is C25H28F2N6O2. The van der Waals surface area contributed by atoms with Gasteiger partial charge in [-0.1, -0.05) is 6.07 Å². The van der Waals surface area contributed by atoms with Gasteiger partial charge in [-0.15, -0.1) is 10.2 Å². The fourth-order valence-corrected chi connectivity index (χ4v) is 5.40. The van der Waals surface area contributed by atoms with E-state index in [4.69, 9.17) is 4.74 Å². The van der Waals surface area contributed by atoms with Crippen LogP contribution in [0.4, 0.5) is 14.6 Å². The van der Waals surface area contributed by atoms with Gasteiger partial charge in [0.25, 0.3) is 0 Å². The first-order chi connectivity index (χ1) is 16.6. The number of piperidine rings is 1. The third kappa shape index (κ3) is 4.16. The van der Waals surface area contributed by atoms with Crippen molar-refractivity contribution >= 4 is 5.82 Å². The lowest BCUT2D eigenvalue weighted by atomic mass is 9.82. The van der Waals surface area contributed by atoms with Gasteiger partial charge in [-0.05, 0) is 56.4 Å². The molecule has 4 atom stereocenters. The number of aromatic hydroxyl groups is 1.